The second-order valence-corrected chi connectivity index (χ2v) is 5.58. The average molecular weight is 247 g/mol. The molecule has 0 radical (unpaired) electrons. The number of nitrogens with one attached hydrogen (secondary N) is 1. The first-order valence-electron chi connectivity index (χ1n) is 7.13. The minimum Gasteiger partial charge on any atom is -0.374 e. The second kappa shape index (κ2) is 6.35. The molecule has 1 aliphatic rings. The Morgan fingerprint density at radius 3 is 2.72 bits per heavy atom. The second-order valence-electron chi connectivity index (χ2n) is 5.58. The minimum atomic E-state index is 0.0596. The first-order chi connectivity index (χ1) is 8.72. The van der Waals surface area contributed by atoms with Gasteiger partial charge in [0.15, 0.2) is 0 Å². The third-order valence-corrected chi connectivity index (χ3v) is 3.88. The number of ether oxygens (including phenoxy) is 1. The summed E-state index contributed by atoms with van der Waals surface area (Å²) in [5.41, 5.74) is 1.47. The molecule has 0 saturated carbocycles. The molecule has 0 aromatic heterocycles. The predicted octanol–water partition coefficient (Wildman–Crippen LogP) is 3.17. The van der Waals surface area contributed by atoms with Crippen molar-refractivity contribution < 1.29 is 4.74 Å². The van der Waals surface area contributed by atoms with Gasteiger partial charge in [0.25, 0.3) is 0 Å². The zero-order valence-corrected chi connectivity index (χ0v) is 11.6. The van der Waals surface area contributed by atoms with E-state index in [0.717, 1.165) is 26.0 Å². The number of hydrogen-bond acceptors (Lipinski definition) is 2. The van der Waals surface area contributed by atoms with Gasteiger partial charge in [-0.1, -0.05) is 37.3 Å². The number of hydrogen-bond donors (Lipinski definition) is 1. The van der Waals surface area contributed by atoms with E-state index in [-0.39, 0.29) is 5.60 Å². The van der Waals surface area contributed by atoms with Gasteiger partial charge in [-0.05, 0) is 38.2 Å². The Labute approximate surface area is 111 Å². The summed E-state index contributed by atoms with van der Waals surface area (Å²) in [5, 5.41) is 3.68. The van der Waals surface area contributed by atoms with E-state index < -0.39 is 0 Å². The van der Waals surface area contributed by atoms with E-state index in [4.69, 9.17) is 4.74 Å². The van der Waals surface area contributed by atoms with Crippen molar-refractivity contribution in [2.45, 2.75) is 51.2 Å². The van der Waals surface area contributed by atoms with Crippen molar-refractivity contribution in [3.63, 3.8) is 0 Å². The van der Waals surface area contributed by atoms with E-state index in [1.54, 1.807) is 0 Å². The summed E-state index contributed by atoms with van der Waals surface area (Å²) in [6.07, 6.45) is 4.65. The van der Waals surface area contributed by atoms with E-state index >= 15 is 0 Å². The molecule has 1 aromatic carbocycles. The third kappa shape index (κ3) is 3.82. The van der Waals surface area contributed by atoms with Gasteiger partial charge in [-0.3, -0.25) is 0 Å². The van der Waals surface area contributed by atoms with Crippen LogP contribution in [0.1, 0.15) is 38.7 Å². The predicted molar refractivity (Wildman–Crippen MR) is 75.8 cm³/mol. The molecular formula is C16H25NO. The van der Waals surface area contributed by atoms with Gasteiger partial charge >= 0.3 is 0 Å². The van der Waals surface area contributed by atoms with Crippen LogP contribution in [0.5, 0.6) is 0 Å². The zero-order chi connectivity index (χ0) is 12.8. The summed E-state index contributed by atoms with van der Waals surface area (Å²) < 4.78 is 5.82. The fourth-order valence-corrected chi connectivity index (χ4v) is 2.60. The third-order valence-electron chi connectivity index (χ3n) is 3.88. The first kappa shape index (κ1) is 13.6. The molecule has 2 unspecified atom stereocenters. The Morgan fingerprint density at radius 1 is 1.33 bits per heavy atom. The lowest BCUT2D eigenvalue weighted by Gasteiger charge is -2.27. The molecule has 0 aliphatic carbocycles. The lowest BCUT2D eigenvalue weighted by atomic mass is 10.00. The van der Waals surface area contributed by atoms with Crippen LogP contribution in [0.2, 0.25) is 0 Å². The normalized spacial score (nSPS) is 25.2. The molecular weight excluding hydrogens is 222 g/mol. The van der Waals surface area contributed by atoms with Crippen molar-refractivity contribution in [2.24, 2.45) is 0 Å². The highest BCUT2D eigenvalue weighted by atomic mass is 16.5. The van der Waals surface area contributed by atoms with Gasteiger partial charge in [-0.25, -0.2) is 0 Å². The van der Waals surface area contributed by atoms with Gasteiger partial charge in [0, 0.05) is 19.2 Å². The summed E-state index contributed by atoms with van der Waals surface area (Å²) in [7, 11) is 0. The highest BCUT2D eigenvalue weighted by molar-refractivity contribution is 5.15. The van der Waals surface area contributed by atoms with E-state index in [0.29, 0.717) is 6.04 Å². The SMILES string of the molecule is CCC(Cc1ccccc1)NCC1(C)CCCO1. The summed E-state index contributed by atoms with van der Waals surface area (Å²) in [6, 6.07) is 11.3. The van der Waals surface area contributed by atoms with Gasteiger partial charge in [0.05, 0.1) is 5.60 Å². The van der Waals surface area contributed by atoms with Gasteiger partial charge in [-0.15, -0.1) is 0 Å². The molecule has 1 heterocycles. The average Bonchev–Trinajstić information content (AvgIpc) is 2.83. The van der Waals surface area contributed by atoms with Crippen molar-refractivity contribution in [1.29, 1.82) is 0 Å². The quantitative estimate of drug-likeness (QED) is 0.833. The summed E-state index contributed by atoms with van der Waals surface area (Å²) >= 11 is 0. The Kier molecular flexibility index (Phi) is 4.79. The van der Waals surface area contributed by atoms with Crippen LogP contribution in [0.4, 0.5) is 0 Å². The first-order valence-corrected chi connectivity index (χ1v) is 7.13. The van der Waals surface area contributed by atoms with Gasteiger partial charge in [0.2, 0.25) is 0 Å². The fourth-order valence-electron chi connectivity index (χ4n) is 2.60. The molecule has 100 valence electrons. The van der Waals surface area contributed by atoms with Crippen LogP contribution in [0.25, 0.3) is 0 Å². The molecule has 2 atom stereocenters. The van der Waals surface area contributed by atoms with Crippen LogP contribution in [-0.4, -0.2) is 24.8 Å². The van der Waals surface area contributed by atoms with Crippen LogP contribution in [0, 0.1) is 0 Å². The number of benzene rings is 1. The lowest BCUT2D eigenvalue weighted by molar-refractivity contribution is 0.0186. The fraction of sp³-hybridized carbons (Fsp3) is 0.625. The smallest absolute Gasteiger partial charge is 0.0779 e. The standard InChI is InChI=1S/C16H25NO/c1-3-15(12-14-8-5-4-6-9-14)17-13-16(2)10-7-11-18-16/h4-6,8-9,15,17H,3,7,10-13H2,1-2H3. The topological polar surface area (TPSA) is 21.3 Å². The molecule has 1 saturated heterocycles. The monoisotopic (exact) mass is 247 g/mol. The Hall–Kier alpha value is -0.860. The molecule has 2 rings (SSSR count). The Bertz CT molecular complexity index is 343. The lowest BCUT2D eigenvalue weighted by Crippen LogP contribution is -2.42. The van der Waals surface area contributed by atoms with E-state index in [2.05, 4.69) is 49.5 Å². The molecule has 1 N–H and O–H groups in total. The van der Waals surface area contributed by atoms with Gasteiger partial charge in [0.1, 0.15) is 0 Å². The van der Waals surface area contributed by atoms with Gasteiger partial charge < -0.3 is 10.1 Å². The molecule has 2 heteroatoms. The van der Waals surface area contributed by atoms with Crippen molar-refractivity contribution in [1.82, 2.24) is 5.32 Å². The van der Waals surface area contributed by atoms with Crippen LogP contribution in [0.15, 0.2) is 30.3 Å². The van der Waals surface area contributed by atoms with Crippen molar-refractivity contribution in [3.05, 3.63) is 35.9 Å². The maximum Gasteiger partial charge on any atom is 0.0779 e. The molecule has 1 aromatic rings. The molecule has 18 heavy (non-hydrogen) atoms. The van der Waals surface area contributed by atoms with Crippen LogP contribution < -0.4 is 5.32 Å². The summed E-state index contributed by atoms with van der Waals surface area (Å²) in [4.78, 5) is 0. The molecule has 0 spiro atoms. The van der Waals surface area contributed by atoms with E-state index in [1.807, 2.05) is 0 Å². The Morgan fingerprint density at radius 2 is 2.11 bits per heavy atom. The van der Waals surface area contributed by atoms with Crippen molar-refractivity contribution in [3.8, 4) is 0 Å². The highest BCUT2D eigenvalue weighted by Crippen LogP contribution is 2.24. The van der Waals surface area contributed by atoms with Crippen LogP contribution in [-0.2, 0) is 11.2 Å². The Balaban J connectivity index is 1.82. The molecule has 0 amide bonds. The largest absolute Gasteiger partial charge is 0.374 e. The van der Waals surface area contributed by atoms with Crippen LogP contribution in [0.3, 0.4) is 0 Å². The minimum absolute atomic E-state index is 0.0596. The molecule has 0 bridgehead atoms. The van der Waals surface area contributed by atoms with E-state index in [1.165, 1.54) is 18.4 Å². The maximum absolute atomic E-state index is 5.82. The summed E-state index contributed by atoms with van der Waals surface area (Å²) in [5.74, 6) is 0. The molecule has 2 nitrogen and oxygen atoms in total. The summed E-state index contributed by atoms with van der Waals surface area (Å²) in [6.45, 7) is 6.37. The van der Waals surface area contributed by atoms with E-state index in [9.17, 15) is 0 Å². The highest BCUT2D eigenvalue weighted by Gasteiger charge is 2.29. The van der Waals surface area contributed by atoms with Crippen molar-refractivity contribution >= 4 is 0 Å². The number of rotatable bonds is 6. The maximum atomic E-state index is 5.82. The van der Waals surface area contributed by atoms with Crippen LogP contribution >= 0.6 is 0 Å². The molecule has 1 fully saturated rings. The zero-order valence-electron chi connectivity index (χ0n) is 11.6. The van der Waals surface area contributed by atoms with Gasteiger partial charge in [-0.2, -0.15) is 0 Å². The van der Waals surface area contributed by atoms with Crippen molar-refractivity contribution in [2.75, 3.05) is 13.2 Å². The molecule has 1 aliphatic heterocycles.